The molecule has 0 spiro atoms. The molecule has 0 fully saturated rings. The van der Waals surface area contributed by atoms with Crippen LogP contribution in [0.5, 0.6) is 0 Å². The first-order chi connectivity index (χ1) is 19.2. The maximum Gasteiger partial charge on any atom is 0.337 e. The van der Waals surface area contributed by atoms with Crippen molar-refractivity contribution in [3.05, 3.63) is 119 Å². The van der Waals surface area contributed by atoms with E-state index in [0.29, 0.717) is 20.5 Å². The summed E-state index contributed by atoms with van der Waals surface area (Å²) in [5.74, 6) is -0.122. The highest BCUT2D eigenvalue weighted by molar-refractivity contribution is 9.12. The summed E-state index contributed by atoms with van der Waals surface area (Å²) in [5, 5.41) is 5.93. The monoisotopic (exact) mass is 704 g/mol. The van der Waals surface area contributed by atoms with E-state index in [4.69, 9.17) is 14.2 Å². The first kappa shape index (κ1) is 29.6. The molecule has 3 aliphatic heterocycles. The van der Waals surface area contributed by atoms with Crippen LogP contribution in [0.2, 0.25) is 0 Å². The van der Waals surface area contributed by atoms with Crippen LogP contribution in [0.25, 0.3) is 17.7 Å². The Hall–Kier alpha value is -3.38. The van der Waals surface area contributed by atoms with Crippen LogP contribution < -0.4 is 0 Å². The summed E-state index contributed by atoms with van der Waals surface area (Å²) in [6, 6.07) is 11.9. The molecule has 2 aromatic heterocycles. The molecule has 1 unspecified atom stereocenters. The summed E-state index contributed by atoms with van der Waals surface area (Å²) in [6.45, 7) is 1.79. The Morgan fingerprint density at radius 3 is 1.95 bits per heavy atom. The van der Waals surface area contributed by atoms with E-state index in [1.165, 1.54) is 30.4 Å². The Morgan fingerprint density at radius 1 is 0.825 bits per heavy atom. The highest BCUT2D eigenvalue weighted by atomic mass is 79.9. The van der Waals surface area contributed by atoms with Crippen molar-refractivity contribution in [1.82, 2.24) is 0 Å². The second-order valence-electron chi connectivity index (χ2n) is 8.10. The number of ether oxygens (including phenoxy) is 3. The van der Waals surface area contributed by atoms with Gasteiger partial charge in [0.15, 0.2) is 0 Å². The number of hydrogen-bond acceptors (Lipinski definition) is 8. The molecule has 1 atom stereocenters. The minimum Gasteiger partial charge on any atom is -0.455 e. The third kappa shape index (κ3) is 8.31. The molecule has 11 heteroatoms. The Kier molecular flexibility index (Phi) is 10.2. The van der Waals surface area contributed by atoms with Crippen LogP contribution >= 0.6 is 54.5 Å². The second-order valence-corrected chi connectivity index (χ2v) is 11.6. The van der Waals surface area contributed by atoms with Crippen molar-refractivity contribution in [2.45, 2.75) is 13.0 Å². The number of carbonyl (C=O) groups is 3. The molecule has 0 radical (unpaired) electrons. The molecule has 0 N–H and O–H groups in total. The Bertz CT molecular complexity index is 1470. The van der Waals surface area contributed by atoms with Crippen LogP contribution in [0.4, 0.5) is 4.39 Å². The molecule has 3 aliphatic rings. The molecular weight excluding hydrogens is 687 g/mol. The fourth-order valence-corrected chi connectivity index (χ4v) is 5.44. The van der Waals surface area contributed by atoms with Gasteiger partial charge in [0.05, 0.1) is 8.96 Å². The molecule has 0 amide bonds. The van der Waals surface area contributed by atoms with Crippen LogP contribution in [0, 0.1) is 5.82 Å². The lowest BCUT2D eigenvalue weighted by Gasteiger charge is -2.07. The average Bonchev–Trinajstić information content (AvgIpc) is 3.73. The minimum absolute atomic E-state index is 0.243. The molecule has 6 nitrogen and oxygen atoms in total. The van der Waals surface area contributed by atoms with E-state index in [1.807, 2.05) is 46.5 Å². The van der Waals surface area contributed by atoms with E-state index in [2.05, 4.69) is 31.9 Å². The summed E-state index contributed by atoms with van der Waals surface area (Å²) >= 11 is 9.69. The minimum atomic E-state index is -0.336. The Labute approximate surface area is 254 Å². The van der Waals surface area contributed by atoms with Gasteiger partial charge in [0.1, 0.15) is 23.4 Å². The maximum atomic E-state index is 12.6. The molecule has 0 saturated heterocycles. The number of halogens is 3. The average molecular weight is 706 g/mol. The van der Waals surface area contributed by atoms with Crippen molar-refractivity contribution in [2.75, 3.05) is 0 Å². The van der Waals surface area contributed by atoms with Gasteiger partial charge >= 0.3 is 17.9 Å². The van der Waals surface area contributed by atoms with E-state index >= 15 is 0 Å². The third-order valence-corrected chi connectivity index (χ3v) is 7.98. The zero-order valence-corrected chi connectivity index (χ0v) is 25.4. The molecule has 204 valence electrons. The molecule has 0 aliphatic carbocycles. The van der Waals surface area contributed by atoms with E-state index in [9.17, 15) is 18.8 Å². The first-order valence-electron chi connectivity index (χ1n) is 11.5. The lowest BCUT2D eigenvalue weighted by atomic mass is 10.0. The molecular formula is C29H19Br2FO6S2. The largest absolute Gasteiger partial charge is 0.455 e. The predicted octanol–water partition coefficient (Wildman–Crippen LogP) is 8.00. The topological polar surface area (TPSA) is 78.9 Å². The molecule has 40 heavy (non-hydrogen) atoms. The van der Waals surface area contributed by atoms with E-state index in [1.54, 1.807) is 41.7 Å². The Morgan fingerprint density at radius 2 is 1.48 bits per heavy atom. The number of carbonyl (C=O) groups excluding carboxylic acids is 3. The molecule has 6 rings (SSSR count). The smallest absolute Gasteiger partial charge is 0.337 e. The predicted molar refractivity (Wildman–Crippen MR) is 161 cm³/mol. The lowest BCUT2D eigenvalue weighted by Crippen LogP contribution is -2.05. The van der Waals surface area contributed by atoms with Gasteiger partial charge in [-0.2, -0.15) is 11.3 Å². The molecule has 1 aromatic carbocycles. The third-order valence-electron chi connectivity index (χ3n) is 5.22. The zero-order chi connectivity index (χ0) is 28.6. The van der Waals surface area contributed by atoms with Crippen LogP contribution in [-0.2, 0) is 28.6 Å². The molecule has 0 bridgehead atoms. The van der Waals surface area contributed by atoms with Gasteiger partial charge in [-0.15, -0.1) is 11.3 Å². The molecule has 3 aromatic rings. The van der Waals surface area contributed by atoms with Crippen LogP contribution in [0.1, 0.15) is 22.9 Å². The number of benzene rings is 1. The van der Waals surface area contributed by atoms with Crippen molar-refractivity contribution in [3.8, 4) is 0 Å². The van der Waals surface area contributed by atoms with Crippen molar-refractivity contribution in [2.24, 2.45) is 0 Å². The van der Waals surface area contributed by atoms with Crippen LogP contribution in [-0.4, -0.2) is 24.0 Å². The number of esters is 3. The van der Waals surface area contributed by atoms with Crippen LogP contribution in [0.3, 0.4) is 0 Å². The van der Waals surface area contributed by atoms with E-state index < -0.39 is 0 Å². The summed E-state index contributed by atoms with van der Waals surface area (Å²) in [4.78, 5) is 33.6. The van der Waals surface area contributed by atoms with Crippen molar-refractivity contribution in [1.29, 1.82) is 0 Å². The Balaban J connectivity index is 0.000000139. The standard InChI is InChI=1S/C11H9FO2.2C9H5BrO2S/c1-7-10(6-11(13)14-7)8-2-4-9(12)5-3-8;10-7-4-9(11)12-8(7)3-6-1-2-13-5-6;10-7-5-9(11)12-8(7)4-6-2-1-3-13-6/h2-7H,1H3;2*1-5H/b;8-3-;8-4-. The normalized spacial score (nSPS) is 19.6. The van der Waals surface area contributed by atoms with Gasteiger partial charge in [-0.1, -0.05) is 18.2 Å². The van der Waals surface area contributed by atoms with Gasteiger partial charge in [0, 0.05) is 28.7 Å². The van der Waals surface area contributed by atoms with Gasteiger partial charge in [-0.3, -0.25) is 0 Å². The number of rotatable bonds is 3. The fraction of sp³-hybridized carbons (Fsp3) is 0.0690. The highest BCUT2D eigenvalue weighted by Gasteiger charge is 2.22. The van der Waals surface area contributed by atoms with E-state index in [-0.39, 0.29) is 29.8 Å². The number of thiophene rings is 2. The summed E-state index contributed by atoms with van der Waals surface area (Å²) in [6.07, 6.45) is 7.68. The second kappa shape index (κ2) is 13.8. The van der Waals surface area contributed by atoms with Gasteiger partial charge in [-0.05, 0) is 102 Å². The molecule has 0 saturated carbocycles. The zero-order valence-electron chi connectivity index (χ0n) is 20.6. The quantitative estimate of drug-likeness (QED) is 0.203. The first-order valence-corrected chi connectivity index (χ1v) is 14.9. The van der Waals surface area contributed by atoms with Gasteiger partial charge in [-0.25, -0.2) is 18.8 Å². The summed E-state index contributed by atoms with van der Waals surface area (Å²) in [7, 11) is 0. The van der Waals surface area contributed by atoms with Crippen molar-refractivity contribution < 1.29 is 33.0 Å². The van der Waals surface area contributed by atoms with Gasteiger partial charge in [0.25, 0.3) is 0 Å². The molecule has 5 heterocycles. The summed E-state index contributed by atoms with van der Waals surface area (Å²) in [5.41, 5.74) is 2.67. The van der Waals surface area contributed by atoms with Crippen molar-refractivity contribution in [3.63, 3.8) is 0 Å². The number of allylic oxidation sites excluding steroid dienone is 2. The van der Waals surface area contributed by atoms with Gasteiger partial charge < -0.3 is 14.2 Å². The van der Waals surface area contributed by atoms with E-state index in [0.717, 1.165) is 21.6 Å². The maximum absolute atomic E-state index is 12.6. The summed E-state index contributed by atoms with van der Waals surface area (Å²) < 4.78 is 28.8. The van der Waals surface area contributed by atoms with Crippen LogP contribution in [0.15, 0.2) is 97.3 Å². The van der Waals surface area contributed by atoms with Crippen molar-refractivity contribution >= 4 is 90.2 Å². The number of cyclic esters (lactones) is 3. The number of hydrogen-bond donors (Lipinski definition) is 0. The lowest BCUT2D eigenvalue weighted by molar-refractivity contribution is -0.138. The van der Waals surface area contributed by atoms with Gasteiger partial charge in [0.2, 0.25) is 0 Å². The highest BCUT2D eigenvalue weighted by Crippen LogP contribution is 2.29. The SMILES string of the molecule is CC1OC(=O)C=C1c1ccc(F)cc1.O=C1C=C(Br)/C(=C/c2cccs2)O1.O=C1C=C(Br)/C(=C/c2ccsc2)O1. The fourth-order valence-electron chi connectivity index (χ4n) is 3.41.